The van der Waals surface area contributed by atoms with Gasteiger partial charge in [0, 0.05) is 25.2 Å². The Labute approximate surface area is 268 Å². The zero-order chi connectivity index (χ0) is 34.5. The van der Waals surface area contributed by atoms with E-state index in [1.807, 2.05) is 0 Å². The Morgan fingerprint density at radius 2 is 1.17 bits per heavy atom. The number of carboxylic acids is 1. The van der Waals surface area contributed by atoms with Gasteiger partial charge in [-0.25, -0.2) is 23.5 Å². The molecule has 48 heavy (non-hydrogen) atoms. The highest BCUT2D eigenvalue weighted by Crippen LogP contribution is 2.12. The van der Waals surface area contributed by atoms with E-state index in [-0.39, 0.29) is 59.1 Å². The van der Waals surface area contributed by atoms with E-state index in [0.29, 0.717) is 16.7 Å². The number of hydrogen-bond acceptors (Lipinski definition) is 10. The van der Waals surface area contributed by atoms with Crippen molar-refractivity contribution in [1.82, 2.24) is 49.8 Å². The fourth-order valence-electron chi connectivity index (χ4n) is 4.36. The van der Waals surface area contributed by atoms with Crippen molar-refractivity contribution in [2.45, 2.75) is 26.9 Å². The molecule has 5 N–H and O–H groups in total. The van der Waals surface area contributed by atoms with E-state index in [1.165, 1.54) is 24.5 Å². The monoisotopic (exact) mass is 657 g/mol. The highest BCUT2D eigenvalue weighted by molar-refractivity contribution is 5.97. The minimum absolute atomic E-state index is 0.000256. The molecule has 0 spiro atoms. The molecule has 0 fully saturated rings. The number of halogens is 2. The number of carboxylic acid groups (broad SMARTS) is 1. The highest BCUT2D eigenvalue weighted by Gasteiger charge is 2.18. The maximum atomic E-state index is 13.2. The molecule has 244 valence electrons. The summed E-state index contributed by atoms with van der Waals surface area (Å²) in [5.74, 6) is -3.61. The number of nitrogens with zero attached hydrogens (tertiary/aromatic N) is 8. The lowest BCUT2D eigenvalue weighted by Gasteiger charge is -2.07. The number of aromatic nitrogens is 8. The molecule has 0 saturated carbocycles. The van der Waals surface area contributed by atoms with Crippen LogP contribution in [0.15, 0.2) is 61.2 Å². The van der Waals surface area contributed by atoms with Crippen LogP contribution >= 0.6 is 0 Å². The van der Waals surface area contributed by atoms with Gasteiger partial charge in [-0.3, -0.25) is 14.4 Å². The second kappa shape index (κ2) is 13.7. The molecule has 4 aromatic heterocycles. The van der Waals surface area contributed by atoms with Crippen molar-refractivity contribution < 1.29 is 33.1 Å². The van der Waals surface area contributed by atoms with Gasteiger partial charge in [0.1, 0.15) is 41.4 Å². The number of primary amides is 1. The largest absolute Gasteiger partial charge is 0.477 e. The second-order valence-corrected chi connectivity index (χ2v) is 10.2. The van der Waals surface area contributed by atoms with Gasteiger partial charge in [0.05, 0.1) is 0 Å². The summed E-state index contributed by atoms with van der Waals surface area (Å²) in [6.07, 6.45) is 2.36. The molecule has 0 aliphatic heterocycles. The quantitative estimate of drug-likeness (QED) is 0.185. The first-order chi connectivity index (χ1) is 22.9. The number of amides is 3. The molecule has 0 radical (unpaired) electrons. The number of fused-ring (bicyclic) bond motifs is 2. The van der Waals surface area contributed by atoms with E-state index in [4.69, 9.17) is 5.73 Å². The number of carbonyl (C=O) groups is 4. The minimum atomic E-state index is -1.25. The molecule has 0 aliphatic rings. The van der Waals surface area contributed by atoms with Gasteiger partial charge in [0.2, 0.25) is 0 Å². The molecule has 0 saturated heterocycles. The summed E-state index contributed by atoms with van der Waals surface area (Å²) < 4.78 is 28.7. The van der Waals surface area contributed by atoms with Crippen LogP contribution in [0.1, 0.15) is 64.2 Å². The number of rotatable bonds is 8. The van der Waals surface area contributed by atoms with Gasteiger partial charge in [-0.1, -0.05) is 24.3 Å². The summed E-state index contributed by atoms with van der Waals surface area (Å²) in [5.41, 5.74) is 7.36. The Hall–Kier alpha value is -6.72. The molecule has 16 nitrogen and oxygen atoms in total. The topological polar surface area (TPSA) is 225 Å². The number of carbonyl (C=O) groups excluding carboxylic acids is 3. The van der Waals surface area contributed by atoms with Crippen molar-refractivity contribution in [2.75, 3.05) is 0 Å². The molecule has 0 bridgehead atoms. The van der Waals surface area contributed by atoms with Crippen molar-refractivity contribution in [1.29, 1.82) is 0 Å². The van der Waals surface area contributed by atoms with Gasteiger partial charge < -0.3 is 21.5 Å². The maximum Gasteiger partial charge on any atom is 0.354 e. The number of hydrogen-bond donors (Lipinski definition) is 4. The number of aromatic carboxylic acids is 1. The number of nitrogens with one attached hydrogen (secondary N) is 2. The maximum absolute atomic E-state index is 13.2. The SMILES string of the molecule is Cc1cc(CNC(=O)c2cc(C(=O)O)n3ncnc3n2)ccc1F.Cc1cc(CNC(=O)c2cc(C(N)=O)n3ncnc3n2)ccc1F. The summed E-state index contributed by atoms with van der Waals surface area (Å²) in [7, 11) is 0. The van der Waals surface area contributed by atoms with Gasteiger partial charge in [-0.2, -0.15) is 29.2 Å². The molecular formula is C30H25F2N11O5. The van der Waals surface area contributed by atoms with E-state index in [2.05, 4.69) is 40.8 Å². The summed E-state index contributed by atoms with van der Waals surface area (Å²) in [5, 5.41) is 22.0. The molecular weight excluding hydrogens is 632 g/mol. The smallest absolute Gasteiger partial charge is 0.354 e. The molecule has 6 aromatic rings. The summed E-state index contributed by atoms with van der Waals surface area (Å²) >= 11 is 0. The Morgan fingerprint density at radius 3 is 1.58 bits per heavy atom. The normalized spacial score (nSPS) is 10.8. The first-order valence-electron chi connectivity index (χ1n) is 13.9. The fourth-order valence-corrected chi connectivity index (χ4v) is 4.36. The third-order valence-electron chi connectivity index (χ3n) is 6.79. The van der Waals surface area contributed by atoms with E-state index in [1.54, 1.807) is 38.1 Å². The van der Waals surface area contributed by atoms with Crippen LogP contribution in [0.2, 0.25) is 0 Å². The predicted octanol–water partition coefficient (Wildman–Crippen LogP) is 1.80. The van der Waals surface area contributed by atoms with Gasteiger partial charge in [-0.15, -0.1) is 0 Å². The first kappa shape index (κ1) is 32.7. The van der Waals surface area contributed by atoms with Crippen LogP contribution in [0.5, 0.6) is 0 Å². The highest BCUT2D eigenvalue weighted by atomic mass is 19.1. The van der Waals surface area contributed by atoms with Crippen LogP contribution in [0, 0.1) is 25.5 Å². The molecule has 3 amide bonds. The summed E-state index contributed by atoms with van der Waals surface area (Å²) in [6, 6.07) is 11.4. The molecule has 0 atom stereocenters. The Bertz CT molecular complexity index is 2060. The predicted molar refractivity (Wildman–Crippen MR) is 162 cm³/mol. The lowest BCUT2D eigenvalue weighted by Crippen LogP contribution is -2.26. The van der Waals surface area contributed by atoms with Crippen molar-refractivity contribution in [2.24, 2.45) is 5.73 Å². The average molecular weight is 658 g/mol. The van der Waals surface area contributed by atoms with Crippen molar-refractivity contribution in [3.63, 3.8) is 0 Å². The molecule has 18 heteroatoms. The average Bonchev–Trinajstić information content (AvgIpc) is 3.74. The molecule has 4 heterocycles. The van der Waals surface area contributed by atoms with Crippen LogP contribution in [0.3, 0.4) is 0 Å². The van der Waals surface area contributed by atoms with Crippen LogP contribution in [0.4, 0.5) is 8.78 Å². The van der Waals surface area contributed by atoms with Gasteiger partial charge >= 0.3 is 5.97 Å². The van der Waals surface area contributed by atoms with Crippen LogP contribution in [-0.2, 0) is 13.1 Å². The number of aryl methyl sites for hydroxylation is 2. The number of nitrogens with two attached hydrogens (primary N) is 1. The third-order valence-corrected chi connectivity index (χ3v) is 6.79. The standard InChI is InChI=1S/C15H13FN6O2.C15H12FN5O3/c1-8-4-9(2-3-10(8)16)6-18-14(24)11-5-12(13(17)23)22-15(21-11)19-7-20-22;1-8-4-9(2-3-10(8)16)6-17-13(22)11-5-12(14(23)24)21-15(20-11)18-7-19-21/h2-5,7H,6H2,1H3,(H2,17,23)(H,18,24);2-5,7H,6H2,1H3,(H,17,22)(H,23,24). The first-order valence-corrected chi connectivity index (χ1v) is 13.9. The minimum Gasteiger partial charge on any atom is -0.477 e. The van der Waals surface area contributed by atoms with E-state index < -0.39 is 23.7 Å². The Balaban J connectivity index is 0.000000188. The Morgan fingerprint density at radius 1 is 0.729 bits per heavy atom. The second-order valence-electron chi connectivity index (χ2n) is 10.2. The summed E-state index contributed by atoms with van der Waals surface area (Å²) in [6.45, 7) is 3.61. The van der Waals surface area contributed by atoms with Gasteiger partial charge in [0.15, 0.2) is 5.69 Å². The molecule has 0 unspecified atom stereocenters. The fraction of sp³-hybridized carbons (Fsp3) is 0.133. The molecule has 6 rings (SSSR count). The Kier molecular flexibility index (Phi) is 9.34. The molecule has 2 aromatic carbocycles. The van der Waals surface area contributed by atoms with E-state index >= 15 is 0 Å². The van der Waals surface area contributed by atoms with Crippen LogP contribution in [-0.4, -0.2) is 68.0 Å². The molecule has 0 aliphatic carbocycles. The van der Waals surface area contributed by atoms with E-state index in [0.717, 1.165) is 27.0 Å². The summed E-state index contributed by atoms with van der Waals surface area (Å²) in [4.78, 5) is 62.9. The van der Waals surface area contributed by atoms with Crippen molar-refractivity contribution in [3.05, 3.63) is 118 Å². The van der Waals surface area contributed by atoms with Gasteiger partial charge in [0.25, 0.3) is 29.3 Å². The van der Waals surface area contributed by atoms with Crippen LogP contribution < -0.4 is 16.4 Å². The zero-order valence-electron chi connectivity index (χ0n) is 25.2. The van der Waals surface area contributed by atoms with Crippen molar-refractivity contribution in [3.8, 4) is 0 Å². The van der Waals surface area contributed by atoms with Crippen LogP contribution in [0.25, 0.3) is 11.6 Å². The van der Waals surface area contributed by atoms with Crippen molar-refractivity contribution >= 4 is 35.2 Å². The van der Waals surface area contributed by atoms with Gasteiger partial charge in [-0.05, 0) is 48.2 Å². The number of benzene rings is 2. The van der Waals surface area contributed by atoms with E-state index in [9.17, 15) is 33.1 Å². The lowest BCUT2D eigenvalue weighted by molar-refractivity contribution is 0.0686. The lowest BCUT2D eigenvalue weighted by atomic mass is 10.1. The zero-order valence-corrected chi connectivity index (χ0v) is 25.2. The third kappa shape index (κ3) is 7.22.